The Hall–Kier alpha value is -1.57. The van der Waals surface area contributed by atoms with Crippen molar-refractivity contribution in [2.75, 3.05) is 0 Å². The number of hydrogen-bond acceptors (Lipinski definition) is 2. The van der Waals surface area contributed by atoms with Gasteiger partial charge in [-0.15, -0.1) is 0 Å². The van der Waals surface area contributed by atoms with Gasteiger partial charge in [0.15, 0.2) is 0 Å². The van der Waals surface area contributed by atoms with Gasteiger partial charge in [-0.2, -0.15) is 0 Å². The molecule has 0 spiro atoms. The first-order chi connectivity index (χ1) is 8.11. The molecule has 2 aromatic rings. The summed E-state index contributed by atoms with van der Waals surface area (Å²) >= 11 is 0. The highest BCUT2D eigenvalue weighted by Gasteiger charge is 1.99. The summed E-state index contributed by atoms with van der Waals surface area (Å²) in [4.78, 5) is 0. The van der Waals surface area contributed by atoms with Gasteiger partial charge in [0.05, 0.1) is 5.69 Å². The molecule has 0 bridgehead atoms. The van der Waals surface area contributed by atoms with Gasteiger partial charge >= 0.3 is 0 Å². The van der Waals surface area contributed by atoms with E-state index in [-0.39, 0.29) is 0 Å². The molecular weight excluding hydrogens is 210 g/mol. The zero-order chi connectivity index (χ0) is 12.7. The quantitative estimate of drug-likeness (QED) is 0.754. The van der Waals surface area contributed by atoms with Crippen molar-refractivity contribution in [3.8, 4) is 0 Å². The van der Waals surface area contributed by atoms with Gasteiger partial charge in [0.25, 0.3) is 0 Å². The van der Waals surface area contributed by atoms with E-state index in [0.717, 1.165) is 5.69 Å². The van der Waals surface area contributed by atoms with E-state index in [1.807, 2.05) is 12.1 Å². The van der Waals surface area contributed by atoms with Crippen molar-refractivity contribution in [2.24, 2.45) is 0 Å². The van der Waals surface area contributed by atoms with Crippen LogP contribution in [0.1, 0.15) is 50.8 Å². The highest BCUT2D eigenvalue weighted by molar-refractivity contribution is 5.17. The molecule has 0 radical (unpaired) electrons. The third-order valence-electron chi connectivity index (χ3n) is 2.52. The highest BCUT2D eigenvalue weighted by atomic mass is 16.5. The van der Waals surface area contributed by atoms with Crippen LogP contribution in [0.2, 0.25) is 0 Å². The number of aromatic nitrogens is 1. The lowest BCUT2D eigenvalue weighted by molar-refractivity contribution is 0.408. The first kappa shape index (κ1) is 13.5. The second kappa shape index (κ2) is 6.89. The first-order valence-corrected chi connectivity index (χ1v) is 6.06. The summed E-state index contributed by atoms with van der Waals surface area (Å²) in [5, 5.41) is 3.74. The molecule has 1 aromatic heterocycles. The van der Waals surface area contributed by atoms with Crippen molar-refractivity contribution >= 4 is 0 Å². The van der Waals surface area contributed by atoms with Crippen LogP contribution >= 0.6 is 0 Å². The number of hydrogen-bond donors (Lipinski definition) is 0. The molecular formula is C15H21NO. The van der Waals surface area contributed by atoms with E-state index in [9.17, 15) is 0 Å². The molecule has 0 amide bonds. The van der Waals surface area contributed by atoms with Gasteiger partial charge in [-0.3, -0.25) is 0 Å². The van der Waals surface area contributed by atoms with E-state index < -0.39 is 0 Å². The van der Waals surface area contributed by atoms with Crippen molar-refractivity contribution in [3.05, 3.63) is 53.9 Å². The Morgan fingerprint density at radius 2 is 1.53 bits per heavy atom. The van der Waals surface area contributed by atoms with Crippen LogP contribution in [-0.2, 0) is 0 Å². The van der Waals surface area contributed by atoms with E-state index in [2.05, 4.69) is 61.6 Å². The fraction of sp³-hybridized carbons (Fsp3) is 0.400. The average molecular weight is 231 g/mol. The Balaban J connectivity index is 0.000000171. The minimum Gasteiger partial charge on any atom is -0.365 e. The second-order valence-electron chi connectivity index (χ2n) is 4.64. The lowest BCUT2D eigenvalue weighted by atomic mass is 10.0. The molecule has 92 valence electrons. The molecule has 1 heterocycles. The third-order valence-corrected chi connectivity index (χ3v) is 2.52. The van der Waals surface area contributed by atoms with Crippen molar-refractivity contribution in [2.45, 2.75) is 39.5 Å². The van der Waals surface area contributed by atoms with Crippen LogP contribution in [0.5, 0.6) is 0 Å². The highest BCUT2D eigenvalue weighted by Crippen LogP contribution is 2.11. The molecule has 0 fully saturated rings. The van der Waals surface area contributed by atoms with E-state index in [1.165, 1.54) is 5.56 Å². The predicted octanol–water partition coefficient (Wildman–Crippen LogP) is 4.61. The van der Waals surface area contributed by atoms with E-state index >= 15 is 0 Å². The molecule has 0 unspecified atom stereocenters. The van der Waals surface area contributed by atoms with Crippen LogP contribution in [0.4, 0.5) is 0 Å². The SMILES string of the molecule is CC(C)c1ccccc1.CC(C)c1ccon1. The van der Waals surface area contributed by atoms with Crippen LogP contribution < -0.4 is 0 Å². The Labute approximate surface area is 104 Å². The minimum absolute atomic E-state index is 0.480. The molecule has 0 saturated heterocycles. The van der Waals surface area contributed by atoms with Crippen LogP contribution in [0.25, 0.3) is 0 Å². The standard InChI is InChI=1S/C9H12.C6H9NO/c1-8(2)9-6-4-3-5-7-9;1-5(2)6-3-4-8-7-6/h3-8H,1-2H3;3-5H,1-2H3. The summed E-state index contributed by atoms with van der Waals surface area (Å²) in [7, 11) is 0. The summed E-state index contributed by atoms with van der Waals surface area (Å²) < 4.78 is 4.63. The lowest BCUT2D eigenvalue weighted by Crippen LogP contribution is -1.83. The molecule has 0 atom stereocenters. The van der Waals surface area contributed by atoms with Gasteiger partial charge in [-0.25, -0.2) is 0 Å². The largest absolute Gasteiger partial charge is 0.365 e. The Morgan fingerprint density at radius 1 is 0.882 bits per heavy atom. The summed E-state index contributed by atoms with van der Waals surface area (Å²) in [6.45, 7) is 8.57. The van der Waals surface area contributed by atoms with Gasteiger partial charge in [0.1, 0.15) is 6.26 Å². The topological polar surface area (TPSA) is 26.0 Å². The minimum atomic E-state index is 0.480. The van der Waals surface area contributed by atoms with Crippen molar-refractivity contribution < 1.29 is 4.52 Å². The van der Waals surface area contributed by atoms with Crippen LogP contribution in [0.15, 0.2) is 47.2 Å². The molecule has 1 aromatic carbocycles. The molecule has 2 nitrogen and oxygen atoms in total. The van der Waals surface area contributed by atoms with Crippen molar-refractivity contribution in [3.63, 3.8) is 0 Å². The second-order valence-corrected chi connectivity index (χ2v) is 4.64. The zero-order valence-electron chi connectivity index (χ0n) is 11.1. The van der Waals surface area contributed by atoms with Crippen molar-refractivity contribution in [1.29, 1.82) is 0 Å². The fourth-order valence-electron chi connectivity index (χ4n) is 1.36. The van der Waals surface area contributed by atoms with E-state index in [0.29, 0.717) is 11.8 Å². The number of benzene rings is 1. The fourth-order valence-corrected chi connectivity index (χ4v) is 1.36. The van der Waals surface area contributed by atoms with Gasteiger partial charge in [-0.05, 0) is 17.4 Å². The lowest BCUT2D eigenvalue weighted by Gasteiger charge is -2.01. The van der Waals surface area contributed by atoms with Crippen LogP contribution in [0, 0.1) is 0 Å². The molecule has 0 aliphatic carbocycles. The van der Waals surface area contributed by atoms with Gasteiger partial charge in [-0.1, -0.05) is 63.2 Å². The maximum Gasteiger partial charge on any atom is 0.124 e. The Bertz CT molecular complexity index is 390. The smallest absolute Gasteiger partial charge is 0.124 e. The molecule has 0 aliphatic heterocycles. The van der Waals surface area contributed by atoms with Gasteiger partial charge in [0, 0.05) is 6.07 Å². The van der Waals surface area contributed by atoms with Crippen LogP contribution in [-0.4, -0.2) is 5.16 Å². The molecule has 17 heavy (non-hydrogen) atoms. The molecule has 2 heteroatoms. The van der Waals surface area contributed by atoms with Gasteiger partial charge < -0.3 is 4.52 Å². The van der Waals surface area contributed by atoms with E-state index in [1.54, 1.807) is 6.26 Å². The Morgan fingerprint density at radius 3 is 1.82 bits per heavy atom. The Kier molecular flexibility index (Phi) is 5.47. The van der Waals surface area contributed by atoms with Crippen molar-refractivity contribution in [1.82, 2.24) is 5.16 Å². The maximum atomic E-state index is 4.63. The molecule has 0 aliphatic rings. The number of rotatable bonds is 2. The first-order valence-electron chi connectivity index (χ1n) is 6.06. The summed E-state index contributed by atoms with van der Waals surface area (Å²) in [6, 6.07) is 12.4. The van der Waals surface area contributed by atoms with Crippen LogP contribution in [0.3, 0.4) is 0 Å². The number of nitrogens with zero attached hydrogens (tertiary/aromatic N) is 1. The average Bonchev–Trinajstić information content (AvgIpc) is 2.84. The summed E-state index contributed by atoms with van der Waals surface area (Å²) in [5.41, 5.74) is 2.43. The zero-order valence-corrected chi connectivity index (χ0v) is 11.1. The predicted molar refractivity (Wildman–Crippen MR) is 71.1 cm³/mol. The molecule has 0 N–H and O–H groups in total. The third kappa shape index (κ3) is 4.85. The summed E-state index contributed by atoms with van der Waals surface area (Å²) in [5.74, 6) is 1.14. The molecule has 2 rings (SSSR count). The monoisotopic (exact) mass is 231 g/mol. The molecule has 0 saturated carbocycles. The van der Waals surface area contributed by atoms with Gasteiger partial charge in [0.2, 0.25) is 0 Å². The normalized spacial score (nSPS) is 10.2. The summed E-state index contributed by atoms with van der Waals surface area (Å²) in [6.07, 6.45) is 1.59. The van der Waals surface area contributed by atoms with E-state index in [4.69, 9.17) is 0 Å². The maximum absolute atomic E-state index is 4.63.